The van der Waals surface area contributed by atoms with Gasteiger partial charge in [-0.05, 0) is 24.2 Å². The summed E-state index contributed by atoms with van der Waals surface area (Å²) in [6, 6.07) is 6.46. The standard InChI is InChI=1S/C14H18N4O/c1-17(9-14-16-15-10-18(14)2)8-11-3-4-13-12(7-11)5-6-19-13/h3-4,7,10H,5-6,8-9H2,1-2H3. The Kier molecular flexibility index (Phi) is 3.21. The molecule has 0 N–H and O–H groups in total. The zero-order chi connectivity index (χ0) is 13.2. The van der Waals surface area contributed by atoms with Crippen LogP contribution in [0.3, 0.4) is 0 Å². The van der Waals surface area contributed by atoms with Crippen LogP contribution < -0.4 is 4.74 Å². The third-order valence-corrected chi connectivity index (χ3v) is 3.42. The highest BCUT2D eigenvalue weighted by Crippen LogP contribution is 2.26. The van der Waals surface area contributed by atoms with Crippen LogP contribution in [0.15, 0.2) is 24.5 Å². The van der Waals surface area contributed by atoms with Gasteiger partial charge >= 0.3 is 0 Å². The van der Waals surface area contributed by atoms with E-state index < -0.39 is 0 Å². The molecule has 0 atom stereocenters. The van der Waals surface area contributed by atoms with Crippen LogP contribution in [0, 0.1) is 0 Å². The first-order chi connectivity index (χ1) is 9.22. The molecule has 1 aromatic carbocycles. The van der Waals surface area contributed by atoms with Crippen molar-refractivity contribution in [2.45, 2.75) is 19.5 Å². The van der Waals surface area contributed by atoms with Gasteiger partial charge in [-0.25, -0.2) is 0 Å². The molecule has 5 heteroatoms. The normalized spacial score (nSPS) is 13.6. The number of fused-ring (bicyclic) bond motifs is 1. The predicted molar refractivity (Wildman–Crippen MR) is 71.8 cm³/mol. The van der Waals surface area contributed by atoms with E-state index in [1.165, 1.54) is 11.1 Å². The van der Waals surface area contributed by atoms with Gasteiger partial charge in [0.15, 0.2) is 0 Å². The van der Waals surface area contributed by atoms with E-state index in [4.69, 9.17) is 4.74 Å². The highest BCUT2D eigenvalue weighted by molar-refractivity contribution is 5.39. The zero-order valence-corrected chi connectivity index (χ0v) is 11.3. The monoisotopic (exact) mass is 258 g/mol. The molecule has 3 rings (SSSR count). The van der Waals surface area contributed by atoms with Crippen molar-refractivity contribution >= 4 is 0 Å². The number of hydrogen-bond acceptors (Lipinski definition) is 4. The number of hydrogen-bond donors (Lipinski definition) is 0. The second-order valence-corrected chi connectivity index (χ2v) is 5.07. The molecule has 1 aromatic heterocycles. The van der Waals surface area contributed by atoms with Crippen molar-refractivity contribution in [1.29, 1.82) is 0 Å². The molecule has 0 bridgehead atoms. The number of nitrogens with zero attached hydrogens (tertiary/aromatic N) is 4. The molecule has 0 aliphatic carbocycles. The number of benzene rings is 1. The second-order valence-electron chi connectivity index (χ2n) is 5.07. The Hall–Kier alpha value is -1.88. The molecule has 1 aliphatic rings. The molecule has 2 heterocycles. The van der Waals surface area contributed by atoms with Crippen molar-refractivity contribution in [3.8, 4) is 5.75 Å². The number of aryl methyl sites for hydroxylation is 1. The lowest BCUT2D eigenvalue weighted by Gasteiger charge is -2.16. The van der Waals surface area contributed by atoms with Gasteiger partial charge in [-0.1, -0.05) is 12.1 Å². The minimum Gasteiger partial charge on any atom is -0.493 e. The predicted octanol–water partition coefficient (Wildman–Crippen LogP) is 1.38. The van der Waals surface area contributed by atoms with E-state index in [1.807, 2.05) is 11.6 Å². The highest BCUT2D eigenvalue weighted by atomic mass is 16.5. The smallest absolute Gasteiger partial charge is 0.146 e. The number of aromatic nitrogens is 3. The average Bonchev–Trinajstić information content (AvgIpc) is 2.98. The van der Waals surface area contributed by atoms with Crippen molar-refractivity contribution in [3.63, 3.8) is 0 Å². The maximum absolute atomic E-state index is 5.52. The van der Waals surface area contributed by atoms with E-state index >= 15 is 0 Å². The number of rotatable bonds is 4. The lowest BCUT2D eigenvalue weighted by Crippen LogP contribution is -2.19. The third-order valence-electron chi connectivity index (χ3n) is 3.42. The fourth-order valence-corrected chi connectivity index (χ4v) is 2.40. The summed E-state index contributed by atoms with van der Waals surface area (Å²) in [5, 5.41) is 8.01. The summed E-state index contributed by atoms with van der Waals surface area (Å²) in [5.74, 6) is 2.02. The third kappa shape index (κ3) is 2.61. The highest BCUT2D eigenvalue weighted by Gasteiger charge is 2.13. The van der Waals surface area contributed by atoms with Gasteiger partial charge in [0.1, 0.15) is 17.9 Å². The summed E-state index contributed by atoms with van der Waals surface area (Å²) in [4.78, 5) is 2.24. The van der Waals surface area contributed by atoms with Crippen molar-refractivity contribution in [2.75, 3.05) is 13.7 Å². The summed E-state index contributed by atoms with van der Waals surface area (Å²) in [7, 11) is 4.06. The summed E-state index contributed by atoms with van der Waals surface area (Å²) in [6.07, 6.45) is 2.76. The number of ether oxygens (including phenoxy) is 1. The molecule has 0 amide bonds. The topological polar surface area (TPSA) is 43.2 Å². The van der Waals surface area contributed by atoms with Crippen molar-refractivity contribution in [3.05, 3.63) is 41.5 Å². The first-order valence-corrected chi connectivity index (χ1v) is 6.48. The molecule has 0 fully saturated rings. The lowest BCUT2D eigenvalue weighted by atomic mass is 10.1. The Bertz CT molecular complexity index is 579. The first kappa shape index (κ1) is 12.2. The zero-order valence-electron chi connectivity index (χ0n) is 11.3. The second kappa shape index (κ2) is 5.01. The van der Waals surface area contributed by atoms with Crippen molar-refractivity contribution < 1.29 is 4.74 Å². The van der Waals surface area contributed by atoms with Crippen molar-refractivity contribution in [1.82, 2.24) is 19.7 Å². The molecule has 0 radical (unpaired) electrons. The first-order valence-electron chi connectivity index (χ1n) is 6.48. The van der Waals surface area contributed by atoms with Gasteiger partial charge < -0.3 is 9.30 Å². The summed E-state index contributed by atoms with van der Waals surface area (Å²) < 4.78 is 7.48. The Morgan fingerprint density at radius 3 is 3.05 bits per heavy atom. The van der Waals surface area contributed by atoms with Crippen LogP contribution in [0.4, 0.5) is 0 Å². The summed E-state index contributed by atoms with van der Waals surface area (Å²) in [6.45, 7) is 2.51. The van der Waals surface area contributed by atoms with E-state index in [1.54, 1.807) is 6.33 Å². The van der Waals surface area contributed by atoms with Crippen LogP contribution in [0.1, 0.15) is 17.0 Å². The minimum absolute atomic E-state index is 0.796. The van der Waals surface area contributed by atoms with Crippen LogP contribution >= 0.6 is 0 Å². The van der Waals surface area contributed by atoms with Crippen LogP contribution in [0.25, 0.3) is 0 Å². The van der Waals surface area contributed by atoms with Crippen LogP contribution in [0.2, 0.25) is 0 Å². The maximum Gasteiger partial charge on any atom is 0.146 e. The van der Waals surface area contributed by atoms with Crippen LogP contribution in [-0.2, 0) is 26.6 Å². The fraction of sp³-hybridized carbons (Fsp3) is 0.429. The van der Waals surface area contributed by atoms with Gasteiger partial charge in [0.25, 0.3) is 0 Å². The van der Waals surface area contributed by atoms with Gasteiger partial charge in [-0.3, -0.25) is 4.90 Å². The Morgan fingerprint density at radius 2 is 2.26 bits per heavy atom. The quantitative estimate of drug-likeness (QED) is 0.831. The fourth-order valence-electron chi connectivity index (χ4n) is 2.40. The summed E-state index contributed by atoms with van der Waals surface area (Å²) in [5.41, 5.74) is 2.64. The van der Waals surface area contributed by atoms with Crippen molar-refractivity contribution in [2.24, 2.45) is 7.05 Å². The Morgan fingerprint density at radius 1 is 1.37 bits per heavy atom. The molecular weight excluding hydrogens is 240 g/mol. The maximum atomic E-state index is 5.52. The van der Waals surface area contributed by atoms with E-state index in [0.717, 1.165) is 37.7 Å². The SMILES string of the molecule is CN(Cc1ccc2c(c1)CCO2)Cc1nncn1C. The Balaban J connectivity index is 1.66. The van der Waals surface area contributed by atoms with Gasteiger partial charge in [-0.15, -0.1) is 10.2 Å². The molecule has 19 heavy (non-hydrogen) atoms. The Labute approximate surface area is 112 Å². The molecule has 0 unspecified atom stereocenters. The lowest BCUT2D eigenvalue weighted by molar-refractivity contribution is 0.306. The largest absolute Gasteiger partial charge is 0.493 e. The van der Waals surface area contributed by atoms with Gasteiger partial charge in [0, 0.05) is 20.0 Å². The molecular formula is C14H18N4O. The summed E-state index contributed by atoms with van der Waals surface area (Å²) >= 11 is 0. The average molecular weight is 258 g/mol. The van der Waals surface area contributed by atoms with E-state index in [9.17, 15) is 0 Å². The van der Waals surface area contributed by atoms with E-state index in [-0.39, 0.29) is 0 Å². The van der Waals surface area contributed by atoms with E-state index in [0.29, 0.717) is 0 Å². The molecule has 0 saturated carbocycles. The molecule has 0 saturated heterocycles. The van der Waals surface area contributed by atoms with Crippen LogP contribution in [0.5, 0.6) is 5.75 Å². The van der Waals surface area contributed by atoms with Gasteiger partial charge in [-0.2, -0.15) is 0 Å². The molecule has 2 aromatic rings. The van der Waals surface area contributed by atoms with E-state index in [2.05, 4.69) is 40.3 Å². The van der Waals surface area contributed by atoms with Gasteiger partial charge in [0.05, 0.1) is 13.2 Å². The molecule has 100 valence electrons. The molecule has 0 spiro atoms. The molecule has 5 nitrogen and oxygen atoms in total. The minimum atomic E-state index is 0.796. The molecule has 1 aliphatic heterocycles. The van der Waals surface area contributed by atoms with Gasteiger partial charge in [0.2, 0.25) is 0 Å². The van der Waals surface area contributed by atoms with Crippen LogP contribution in [-0.4, -0.2) is 33.3 Å².